The number of rotatable bonds is 2. The summed E-state index contributed by atoms with van der Waals surface area (Å²) in [6, 6.07) is 8.91. The van der Waals surface area contributed by atoms with E-state index in [0.29, 0.717) is 6.04 Å². The van der Waals surface area contributed by atoms with E-state index in [9.17, 15) is 0 Å². The van der Waals surface area contributed by atoms with Crippen LogP contribution in [0.2, 0.25) is 0 Å². The summed E-state index contributed by atoms with van der Waals surface area (Å²) >= 11 is 0. The van der Waals surface area contributed by atoms with Gasteiger partial charge in [0.05, 0.1) is 11.7 Å². The van der Waals surface area contributed by atoms with E-state index in [2.05, 4.69) is 58.6 Å². The highest BCUT2D eigenvalue weighted by atomic mass is 15.1. The second kappa shape index (κ2) is 4.74. The van der Waals surface area contributed by atoms with Gasteiger partial charge in [0.1, 0.15) is 0 Å². The van der Waals surface area contributed by atoms with Crippen LogP contribution in [-0.2, 0) is 12.8 Å². The first-order valence-electron chi connectivity index (χ1n) is 7.57. The van der Waals surface area contributed by atoms with Gasteiger partial charge in [-0.05, 0) is 44.0 Å². The topological polar surface area (TPSA) is 56.5 Å². The van der Waals surface area contributed by atoms with Crippen LogP contribution in [0.25, 0.3) is 10.9 Å². The molecule has 0 saturated heterocycles. The van der Waals surface area contributed by atoms with Crippen molar-refractivity contribution in [2.75, 3.05) is 6.54 Å². The maximum atomic E-state index is 4.46. The zero-order valence-corrected chi connectivity index (χ0v) is 12.5. The van der Waals surface area contributed by atoms with Crippen molar-refractivity contribution in [3.05, 3.63) is 52.5 Å². The van der Waals surface area contributed by atoms with Crippen molar-refractivity contribution >= 4 is 10.9 Å². The molecule has 0 bridgehead atoms. The van der Waals surface area contributed by atoms with Gasteiger partial charge in [-0.15, -0.1) is 0 Å². The third-order valence-electron chi connectivity index (χ3n) is 4.71. The molecule has 3 N–H and O–H groups in total. The van der Waals surface area contributed by atoms with Crippen molar-refractivity contribution in [2.24, 2.45) is 0 Å². The third kappa shape index (κ3) is 1.98. The summed E-state index contributed by atoms with van der Waals surface area (Å²) in [5.41, 5.74) is 7.65. The summed E-state index contributed by atoms with van der Waals surface area (Å²) in [6.07, 6.45) is 2.02. The smallest absolute Gasteiger partial charge is 0.0673 e. The predicted octanol–water partition coefficient (Wildman–Crippen LogP) is 2.94. The molecule has 0 unspecified atom stereocenters. The van der Waals surface area contributed by atoms with Gasteiger partial charge in [-0.25, -0.2) is 0 Å². The number of nitrogens with zero attached hydrogens (tertiary/aromatic N) is 1. The van der Waals surface area contributed by atoms with E-state index in [-0.39, 0.29) is 0 Å². The number of fused-ring (bicyclic) bond motifs is 3. The molecule has 108 valence electrons. The second-order valence-corrected chi connectivity index (χ2v) is 5.94. The van der Waals surface area contributed by atoms with E-state index in [1.807, 2.05) is 0 Å². The number of aromatic amines is 2. The highest BCUT2D eigenvalue weighted by Gasteiger charge is 2.25. The minimum atomic E-state index is 0.322. The Kier molecular flexibility index (Phi) is 2.86. The molecule has 0 fully saturated rings. The Morgan fingerprint density at radius 1 is 1.24 bits per heavy atom. The van der Waals surface area contributed by atoms with Crippen LogP contribution < -0.4 is 5.32 Å². The Morgan fingerprint density at radius 3 is 2.90 bits per heavy atom. The Hall–Kier alpha value is -2.07. The monoisotopic (exact) mass is 280 g/mol. The zero-order valence-electron chi connectivity index (χ0n) is 12.5. The lowest BCUT2D eigenvalue weighted by atomic mass is 9.95. The molecule has 4 rings (SSSR count). The van der Waals surface area contributed by atoms with Crippen LogP contribution in [-0.4, -0.2) is 21.7 Å². The molecule has 0 amide bonds. The maximum Gasteiger partial charge on any atom is 0.0673 e. The number of hydrogen-bond donors (Lipinski definition) is 3. The summed E-state index contributed by atoms with van der Waals surface area (Å²) in [5, 5.41) is 12.6. The molecule has 0 spiro atoms. The fourth-order valence-corrected chi connectivity index (χ4v) is 3.36. The van der Waals surface area contributed by atoms with Crippen molar-refractivity contribution in [1.82, 2.24) is 20.5 Å². The summed E-state index contributed by atoms with van der Waals surface area (Å²) in [4.78, 5) is 3.61. The molecule has 4 heteroatoms. The predicted molar refractivity (Wildman–Crippen MR) is 84.5 cm³/mol. The normalized spacial score (nSPS) is 18.1. The molecule has 0 radical (unpaired) electrons. The van der Waals surface area contributed by atoms with Crippen LogP contribution in [0.3, 0.4) is 0 Å². The number of H-pyrrole nitrogens is 2. The molecule has 0 saturated carbocycles. The molecule has 4 nitrogen and oxygen atoms in total. The summed E-state index contributed by atoms with van der Waals surface area (Å²) in [6.45, 7) is 5.25. The van der Waals surface area contributed by atoms with Gasteiger partial charge in [-0.2, -0.15) is 5.10 Å². The maximum absolute atomic E-state index is 4.46. The molecule has 1 atom stereocenters. The van der Waals surface area contributed by atoms with E-state index < -0.39 is 0 Å². The third-order valence-corrected chi connectivity index (χ3v) is 4.71. The molecule has 1 aliphatic heterocycles. The van der Waals surface area contributed by atoms with Gasteiger partial charge in [0.15, 0.2) is 0 Å². The minimum Gasteiger partial charge on any atom is -0.357 e. The summed E-state index contributed by atoms with van der Waals surface area (Å²) in [5.74, 6) is 0. The van der Waals surface area contributed by atoms with Crippen molar-refractivity contribution in [1.29, 1.82) is 0 Å². The fourth-order valence-electron chi connectivity index (χ4n) is 3.36. The lowest BCUT2D eigenvalue weighted by Gasteiger charge is -2.24. The Labute approximate surface area is 124 Å². The summed E-state index contributed by atoms with van der Waals surface area (Å²) < 4.78 is 0. The van der Waals surface area contributed by atoms with Gasteiger partial charge >= 0.3 is 0 Å². The van der Waals surface area contributed by atoms with Gasteiger partial charge in [0, 0.05) is 28.7 Å². The van der Waals surface area contributed by atoms with Gasteiger partial charge in [-0.3, -0.25) is 5.10 Å². The summed E-state index contributed by atoms with van der Waals surface area (Å²) in [7, 11) is 0. The van der Waals surface area contributed by atoms with Crippen LogP contribution >= 0.6 is 0 Å². The van der Waals surface area contributed by atoms with E-state index in [1.54, 1.807) is 0 Å². The van der Waals surface area contributed by atoms with Crippen LogP contribution in [0.1, 0.15) is 34.3 Å². The number of aromatic nitrogens is 3. The molecule has 21 heavy (non-hydrogen) atoms. The van der Waals surface area contributed by atoms with Crippen LogP contribution in [0.5, 0.6) is 0 Å². The standard InChI is InChI=1S/C17H20N4/c1-10-11(2)20-21-15(10)9-16-17-13(7-8-18-16)12-5-3-4-6-14(12)19-17/h3-6,16,18-19H,7-9H2,1-2H3,(H,20,21)/t16-/m0/s1. The van der Waals surface area contributed by atoms with Crippen molar-refractivity contribution in [3.8, 4) is 0 Å². The van der Waals surface area contributed by atoms with Crippen molar-refractivity contribution in [2.45, 2.75) is 32.7 Å². The van der Waals surface area contributed by atoms with Gasteiger partial charge in [0.25, 0.3) is 0 Å². The quantitative estimate of drug-likeness (QED) is 0.676. The van der Waals surface area contributed by atoms with Crippen LogP contribution in [0.4, 0.5) is 0 Å². The first kappa shape index (κ1) is 12.7. The van der Waals surface area contributed by atoms with Gasteiger partial charge in [0.2, 0.25) is 0 Å². The highest BCUT2D eigenvalue weighted by Crippen LogP contribution is 2.31. The average molecular weight is 280 g/mol. The Balaban J connectivity index is 1.75. The van der Waals surface area contributed by atoms with E-state index in [0.717, 1.165) is 30.8 Å². The number of hydrogen-bond acceptors (Lipinski definition) is 2. The van der Waals surface area contributed by atoms with Crippen molar-refractivity contribution in [3.63, 3.8) is 0 Å². The largest absolute Gasteiger partial charge is 0.357 e. The number of aryl methyl sites for hydroxylation is 1. The fraction of sp³-hybridized carbons (Fsp3) is 0.353. The Morgan fingerprint density at radius 2 is 2.10 bits per heavy atom. The molecule has 1 aliphatic rings. The van der Waals surface area contributed by atoms with E-state index >= 15 is 0 Å². The van der Waals surface area contributed by atoms with Gasteiger partial charge in [-0.1, -0.05) is 18.2 Å². The molecular weight excluding hydrogens is 260 g/mol. The van der Waals surface area contributed by atoms with Crippen LogP contribution in [0.15, 0.2) is 24.3 Å². The van der Waals surface area contributed by atoms with E-state index in [4.69, 9.17) is 0 Å². The lowest BCUT2D eigenvalue weighted by Crippen LogP contribution is -2.31. The first-order chi connectivity index (χ1) is 10.2. The molecule has 2 aromatic heterocycles. The zero-order chi connectivity index (χ0) is 14.4. The molecule has 3 aromatic rings. The molecule has 3 heterocycles. The second-order valence-electron chi connectivity index (χ2n) is 5.94. The SMILES string of the molecule is Cc1[nH]nc(C[C@@H]2NCCc3c2[nH]c2ccccc32)c1C. The van der Waals surface area contributed by atoms with Crippen molar-refractivity contribution < 1.29 is 0 Å². The highest BCUT2D eigenvalue weighted by molar-refractivity contribution is 5.85. The minimum absolute atomic E-state index is 0.322. The Bertz CT molecular complexity index is 796. The first-order valence-corrected chi connectivity index (χ1v) is 7.57. The van der Waals surface area contributed by atoms with Crippen LogP contribution in [0, 0.1) is 13.8 Å². The lowest BCUT2D eigenvalue weighted by molar-refractivity contribution is 0.490. The molecule has 1 aromatic carbocycles. The number of para-hydroxylation sites is 1. The van der Waals surface area contributed by atoms with E-state index in [1.165, 1.54) is 27.7 Å². The number of nitrogens with one attached hydrogen (secondary N) is 3. The average Bonchev–Trinajstić information content (AvgIpc) is 3.03. The molecular formula is C17H20N4. The van der Waals surface area contributed by atoms with Gasteiger partial charge < -0.3 is 10.3 Å². The molecule has 0 aliphatic carbocycles. The number of benzene rings is 1.